The summed E-state index contributed by atoms with van der Waals surface area (Å²) in [4.78, 5) is 2.48. The highest BCUT2D eigenvalue weighted by Gasteiger charge is 2.22. The van der Waals surface area contributed by atoms with Crippen molar-refractivity contribution < 1.29 is 0 Å². The second kappa shape index (κ2) is 6.19. The minimum absolute atomic E-state index is 0.307. The summed E-state index contributed by atoms with van der Waals surface area (Å²) >= 11 is 9.56. The van der Waals surface area contributed by atoms with Gasteiger partial charge < -0.3 is 5.73 Å². The first-order valence-electron chi connectivity index (χ1n) is 6.11. The zero-order chi connectivity index (χ0) is 12.3. The van der Waals surface area contributed by atoms with Gasteiger partial charge in [0.2, 0.25) is 0 Å². The van der Waals surface area contributed by atoms with Crippen molar-refractivity contribution in [3.8, 4) is 0 Å². The molecule has 0 saturated carbocycles. The molecule has 4 heteroatoms. The first-order valence-corrected chi connectivity index (χ1v) is 7.28. The predicted molar refractivity (Wildman–Crippen MR) is 76.4 cm³/mol. The third kappa shape index (κ3) is 3.22. The van der Waals surface area contributed by atoms with Gasteiger partial charge in [-0.15, -0.1) is 0 Å². The Morgan fingerprint density at radius 1 is 1.29 bits per heavy atom. The van der Waals surface area contributed by atoms with Gasteiger partial charge in [-0.1, -0.05) is 40.0 Å². The molecule has 1 aromatic rings. The SMILES string of the molecule is NCC(c1ccc(Cl)cc1Br)N1CCCCC1. The van der Waals surface area contributed by atoms with Crippen LogP contribution in [0, 0.1) is 0 Å². The Bertz CT molecular complexity index is 378. The Balaban J connectivity index is 2.21. The normalized spacial score (nSPS) is 19.2. The van der Waals surface area contributed by atoms with Gasteiger partial charge in [-0.25, -0.2) is 0 Å². The smallest absolute Gasteiger partial charge is 0.0481 e. The van der Waals surface area contributed by atoms with Crippen LogP contribution in [0.15, 0.2) is 22.7 Å². The Kier molecular flexibility index (Phi) is 4.86. The highest BCUT2D eigenvalue weighted by molar-refractivity contribution is 9.10. The molecule has 1 heterocycles. The van der Waals surface area contributed by atoms with Crippen molar-refractivity contribution in [1.82, 2.24) is 4.90 Å². The highest BCUT2D eigenvalue weighted by atomic mass is 79.9. The average Bonchev–Trinajstić information content (AvgIpc) is 2.34. The van der Waals surface area contributed by atoms with E-state index in [9.17, 15) is 0 Å². The van der Waals surface area contributed by atoms with Crippen LogP contribution in [-0.4, -0.2) is 24.5 Å². The number of hydrogen-bond acceptors (Lipinski definition) is 2. The predicted octanol–water partition coefficient (Wildman–Crippen LogP) is 3.59. The van der Waals surface area contributed by atoms with Gasteiger partial charge in [0.05, 0.1) is 0 Å². The molecule has 1 saturated heterocycles. The van der Waals surface area contributed by atoms with E-state index < -0.39 is 0 Å². The van der Waals surface area contributed by atoms with Crippen LogP contribution in [0.25, 0.3) is 0 Å². The van der Waals surface area contributed by atoms with Gasteiger partial charge in [0, 0.05) is 22.1 Å². The van der Waals surface area contributed by atoms with Crippen molar-refractivity contribution >= 4 is 27.5 Å². The lowest BCUT2D eigenvalue weighted by atomic mass is 10.0. The lowest BCUT2D eigenvalue weighted by molar-refractivity contribution is 0.167. The van der Waals surface area contributed by atoms with Crippen molar-refractivity contribution in [3.05, 3.63) is 33.3 Å². The molecule has 1 aliphatic heterocycles. The Morgan fingerprint density at radius 3 is 2.59 bits per heavy atom. The molecule has 0 amide bonds. The second-order valence-corrected chi connectivity index (χ2v) is 5.80. The van der Waals surface area contributed by atoms with Crippen LogP contribution in [0.1, 0.15) is 30.9 Å². The number of nitrogens with zero attached hydrogens (tertiary/aromatic N) is 1. The van der Waals surface area contributed by atoms with Crippen LogP contribution in [0.2, 0.25) is 5.02 Å². The molecule has 0 bridgehead atoms. The standard InChI is InChI=1S/C13H18BrClN2/c14-12-8-10(15)4-5-11(12)13(9-16)17-6-2-1-3-7-17/h4-5,8,13H,1-3,6-7,9,16H2. The number of benzene rings is 1. The van der Waals surface area contributed by atoms with Crippen molar-refractivity contribution in [2.24, 2.45) is 5.73 Å². The van der Waals surface area contributed by atoms with Gasteiger partial charge in [0.25, 0.3) is 0 Å². The maximum Gasteiger partial charge on any atom is 0.0481 e. The van der Waals surface area contributed by atoms with E-state index in [1.54, 1.807) is 0 Å². The van der Waals surface area contributed by atoms with E-state index in [0.29, 0.717) is 12.6 Å². The minimum atomic E-state index is 0.307. The molecule has 0 radical (unpaired) electrons. The molecular weight excluding hydrogens is 300 g/mol. The topological polar surface area (TPSA) is 29.3 Å². The number of rotatable bonds is 3. The number of hydrogen-bond donors (Lipinski definition) is 1. The first kappa shape index (κ1) is 13.3. The van der Waals surface area contributed by atoms with Crippen LogP contribution >= 0.6 is 27.5 Å². The first-order chi connectivity index (χ1) is 8.22. The maximum absolute atomic E-state index is 5.98. The summed E-state index contributed by atoms with van der Waals surface area (Å²) in [7, 11) is 0. The molecule has 1 unspecified atom stereocenters. The minimum Gasteiger partial charge on any atom is -0.329 e. The van der Waals surface area contributed by atoms with Crippen LogP contribution in [0.5, 0.6) is 0 Å². The third-order valence-corrected chi connectivity index (χ3v) is 4.30. The maximum atomic E-state index is 5.98. The molecular formula is C13H18BrClN2. The summed E-state index contributed by atoms with van der Waals surface area (Å²) in [6.07, 6.45) is 3.90. The molecule has 1 atom stereocenters. The van der Waals surface area contributed by atoms with E-state index in [4.69, 9.17) is 17.3 Å². The quantitative estimate of drug-likeness (QED) is 0.923. The molecule has 2 rings (SSSR count). The number of likely N-dealkylation sites (tertiary alicyclic amines) is 1. The Hall–Kier alpha value is -0.0900. The monoisotopic (exact) mass is 316 g/mol. The molecule has 0 aliphatic carbocycles. The van der Waals surface area contributed by atoms with E-state index in [1.165, 1.54) is 24.8 Å². The van der Waals surface area contributed by atoms with E-state index in [-0.39, 0.29) is 0 Å². The molecule has 94 valence electrons. The van der Waals surface area contributed by atoms with Gasteiger partial charge in [0.15, 0.2) is 0 Å². The summed E-state index contributed by atoms with van der Waals surface area (Å²) in [5.41, 5.74) is 7.20. The molecule has 1 aliphatic rings. The Labute approximate surface area is 116 Å². The fourth-order valence-electron chi connectivity index (χ4n) is 2.47. The molecule has 1 aromatic carbocycles. The van der Waals surface area contributed by atoms with Crippen LogP contribution in [0.3, 0.4) is 0 Å². The van der Waals surface area contributed by atoms with E-state index >= 15 is 0 Å². The molecule has 0 spiro atoms. The number of halogens is 2. The average molecular weight is 318 g/mol. The Morgan fingerprint density at radius 2 is 2.00 bits per heavy atom. The fraction of sp³-hybridized carbons (Fsp3) is 0.538. The zero-order valence-corrected chi connectivity index (χ0v) is 12.2. The summed E-state index contributed by atoms with van der Waals surface area (Å²) in [5.74, 6) is 0. The summed E-state index contributed by atoms with van der Waals surface area (Å²) in [6.45, 7) is 2.95. The number of nitrogens with two attached hydrogens (primary N) is 1. The lowest BCUT2D eigenvalue weighted by Gasteiger charge is -2.34. The van der Waals surface area contributed by atoms with Gasteiger partial charge in [-0.3, -0.25) is 4.90 Å². The van der Waals surface area contributed by atoms with Gasteiger partial charge >= 0.3 is 0 Å². The van der Waals surface area contributed by atoms with Crippen LogP contribution in [-0.2, 0) is 0 Å². The van der Waals surface area contributed by atoms with Crippen LogP contribution < -0.4 is 5.73 Å². The van der Waals surface area contributed by atoms with Crippen molar-refractivity contribution in [2.75, 3.05) is 19.6 Å². The largest absolute Gasteiger partial charge is 0.329 e. The van der Waals surface area contributed by atoms with Crippen molar-refractivity contribution in [2.45, 2.75) is 25.3 Å². The van der Waals surface area contributed by atoms with E-state index in [0.717, 1.165) is 22.6 Å². The number of piperidine rings is 1. The second-order valence-electron chi connectivity index (χ2n) is 4.51. The van der Waals surface area contributed by atoms with Gasteiger partial charge in [-0.2, -0.15) is 0 Å². The lowest BCUT2D eigenvalue weighted by Crippen LogP contribution is -2.37. The third-order valence-electron chi connectivity index (χ3n) is 3.38. The summed E-state index contributed by atoms with van der Waals surface area (Å²) in [5, 5.41) is 0.759. The summed E-state index contributed by atoms with van der Waals surface area (Å²) < 4.78 is 1.06. The molecule has 2 N–H and O–H groups in total. The van der Waals surface area contributed by atoms with E-state index in [2.05, 4.69) is 26.9 Å². The fourth-order valence-corrected chi connectivity index (χ4v) is 3.42. The molecule has 2 nitrogen and oxygen atoms in total. The van der Waals surface area contributed by atoms with Crippen molar-refractivity contribution in [3.63, 3.8) is 0 Å². The van der Waals surface area contributed by atoms with Crippen LogP contribution in [0.4, 0.5) is 0 Å². The highest BCUT2D eigenvalue weighted by Crippen LogP contribution is 2.31. The molecule has 1 fully saturated rings. The van der Waals surface area contributed by atoms with Crippen molar-refractivity contribution in [1.29, 1.82) is 0 Å². The zero-order valence-electron chi connectivity index (χ0n) is 9.83. The van der Waals surface area contributed by atoms with E-state index in [1.807, 2.05) is 12.1 Å². The molecule has 0 aromatic heterocycles. The van der Waals surface area contributed by atoms with Gasteiger partial charge in [0.1, 0.15) is 0 Å². The summed E-state index contributed by atoms with van der Waals surface area (Å²) in [6, 6.07) is 6.28. The van der Waals surface area contributed by atoms with Gasteiger partial charge in [-0.05, 0) is 43.6 Å². The molecule has 17 heavy (non-hydrogen) atoms.